The number of aliphatic carboxylic acids is 1. The predicted molar refractivity (Wildman–Crippen MR) is 191 cm³/mol. The second kappa shape index (κ2) is 15.9. The molecule has 0 fully saturated rings. The van der Waals surface area contributed by atoms with Crippen LogP contribution in [0.4, 0.5) is 34.6 Å². The molecule has 24 nitrogen and oxygen atoms in total. The molecule has 56 heavy (non-hydrogen) atoms. The lowest BCUT2D eigenvalue weighted by Crippen LogP contribution is -2.33. The molecule has 1 aliphatic rings. The molecule has 3 aromatic carbocycles. The highest BCUT2D eigenvalue weighted by Gasteiger charge is 2.41. The number of azo groups is 1. The molecule has 1 aliphatic heterocycles. The van der Waals surface area contributed by atoms with Gasteiger partial charge in [0.15, 0.2) is 15.5 Å². The number of anilines is 5. The first-order valence-corrected chi connectivity index (χ1v) is 20.9. The van der Waals surface area contributed by atoms with Gasteiger partial charge in [-0.25, -0.2) is 17.4 Å². The summed E-state index contributed by atoms with van der Waals surface area (Å²) in [6.07, 6.45) is 0. The Morgan fingerprint density at radius 1 is 0.804 bits per heavy atom. The maximum Gasteiger partial charge on any atom is 0.397 e. The number of rotatable bonds is 15. The van der Waals surface area contributed by atoms with E-state index in [1.807, 2.05) is 0 Å². The molecule has 0 saturated heterocycles. The van der Waals surface area contributed by atoms with Crippen LogP contribution >= 0.6 is 11.6 Å². The van der Waals surface area contributed by atoms with Gasteiger partial charge in [-0.1, -0.05) is 0 Å². The van der Waals surface area contributed by atoms with Crippen molar-refractivity contribution in [3.8, 4) is 0 Å². The number of sulfone groups is 1. The molecule has 5 rings (SSSR count). The van der Waals surface area contributed by atoms with Crippen LogP contribution in [0.15, 0.2) is 96.7 Å². The van der Waals surface area contributed by atoms with E-state index in [4.69, 9.17) is 16.2 Å². The average Bonchev–Trinajstić information content (AvgIpc) is 3.42. The van der Waals surface area contributed by atoms with E-state index in [1.165, 1.54) is 24.3 Å². The number of nitrogens with one attached hydrogen (secondary N) is 2. The van der Waals surface area contributed by atoms with E-state index in [1.54, 1.807) is 0 Å². The van der Waals surface area contributed by atoms with Crippen LogP contribution in [0.2, 0.25) is 5.28 Å². The van der Waals surface area contributed by atoms with E-state index in [0.717, 1.165) is 42.5 Å². The maximum absolute atomic E-state index is 13.2. The minimum absolute atomic E-state index is 0.0162. The molecule has 4 aromatic rings. The first-order valence-electron chi connectivity index (χ1n) is 14.7. The van der Waals surface area contributed by atoms with Crippen molar-refractivity contribution in [2.45, 2.75) is 20.7 Å². The van der Waals surface area contributed by atoms with Crippen molar-refractivity contribution in [1.82, 2.24) is 15.0 Å². The molecule has 0 bridgehead atoms. The number of hydrogen-bond donors (Lipinski definition) is 6. The van der Waals surface area contributed by atoms with Crippen LogP contribution in [0.1, 0.15) is 0 Å². The fraction of sp³-hybridized carbons (Fsp3) is 0.111. The normalized spacial score (nSPS) is 15.2. The molecular formula is C27H22ClN9O15S4. The van der Waals surface area contributed by atoms with Crippen LogP contribution in [0.25, 0.3) is 0 Å². The summed E-state index contributed by atoms with van der Waals surface area (Å²) in [5.74, 6) is -4.02. The van der Waals surface area contributed by atoms with Gasteiger partial charge >= 0.3 is 16.4 Å². The number of halogens is 1. The molecule has 0 spiro atoms. The summed E-state index contributed by atoms with van der Waals surface area (Å²) in [6, 6.07) is 9.95. The number of hydrogen-bond acceptors (Lipinski definition) is 19. The molecule has 0 aliphatic carbocycles. The molecule has 2 heterocycles. The third-order valence-corrected chi connectivity index (χ3v) is 11.0. The van der Waals surface area contributed by atoms with Crippen molar-refractivity contribution < 1.29 is 66.2 Å². The largest absolute Gasteiger partial charge is 0.477 e. The SMILES string of the molecule is O=C(O)C1=NN(c2ccc(S(=O)(=O)O)cc2)C(=O)C1N=Nc1cc(Nc2nc(Cl)nc(Nc3ccc(S(=O)(=O)CCOS(=O)(=O)O)cc3)n2)ccc1S(=O)(=O)O. The molecule has 1 aromatic heterocycles. The highest BCUT2D eigenvalue weighted by molar-refractivity contribution is 7.91. The van der Waals surface area contributed by atoms with Gasteiger partial charge in [0.05, 0.1) is 27.8 Å². The quantitative estimate of drug-likeness (QED) is 0.0735. The number of carboxylic acids is 1. The molecule has 6 N–H and O–H groups in total. The molecule has 1 amide bonds. The number of carbonyl (C=O) groups excluding carboxylic acids is 1. The molecule has 1 atom stereocenters. The standard InChI is InChI=1S/C27H22ClN9O15S4/c28-25-31-26(29-14-1-6-17(7-2-14)53(41,42)12-11-52-56(49,50)51)33-27(32-25)30-15-3-10-20(55(46,47)48)19(13-15)34-35-21-22(24(39)40)36-37(23(21)38)16-4-8-18(9-5-16)54(43,44)45/h1-10,13,21H,11-12H2,(H,39,40)(H,43,44,45)(H,46,47,48)(H,49,50,51)(H2,29,30,31,32,33). The van der Waals surface area contributed by atoms with Crippen LogP contribution in [0.3, 0.4) is 0 Å². The van der Waals surface area contributed by atoms with E-state index < -0.39 is 91.9 Å². The van der Waals surface area contributed by atoms with Crippen LogP contribution in [-0.4, -0.2) is 103 Å². The number of carboxylic acid groups (broad SMARTS) is 1. The summed E-state index contributed by atoms with van der Waals surface area (Å²) in [6.45, 7) is -0.830. The van der Waals surface area contributed by atoms with E-state index in [0.29, 0.717) is 5.01 Å². The lowest BCUT2D eigenvalue weighted by Gasteiger charge is -2.12. The summed E-state index contributed by atoms with van der Waals surface area (Å²) in [4.78, 5) is 35.5. The summed E-state index contributed by atoms with van der Waals surface area (Å²) in [5.41, 5.74) is -1.37. The Labute approximate surface area is 320 Å². The minimum Gasteiger partial charge on any atom is -0.477 e. The van der Waals surface area contributed by atoms with Gasteiger partial charge in [0.25, 0.3) is 26.1 Å². The number of hydrazone groups is 1. The van der Waals surface area contributed by atoms with E-state index in [-0.39, 0.29) is 39.1 Å². The third kappa shape index (κ3) is 10.4. The van der Waals surface area contributed by atoms with E-state index in [9.17, 15) is 57.5 Å². The van der Waals surface area contributed by atoms with Gasteiger partial charge in [-0.05, 0) is 78.3 Å². The van der Waals surface area contributed by atoms with Crippen molar-refractivity contribution in [1.29, 1.82) is 0 Å². The Kier molecular flexibility index (Phi) is 11.8. The second-order valence-electron chi connectivity index (χ2n) is 10.8. The van der Waals surface area contributed by atoms with Crippen molar-refractivity contribution >= 4 is 104 Å². The van der Waals surface area contributed by atoms with Crippen LogP contribution in [-0.2, 0) is 54.2 Å². The summed E-state index contributed by atoms with van der Waals surface area (Å²) >= 11 is 6.05. The number of nitrogens with zero attached hydrogens (tertiary/aromatic N) is 7. The van der Waals surface area contributed by atoms with Gasteiger partial charge in [-0.2, -0.15) is 60.5 Å². The molecular weight excluding hydrogens is 854 g/mol. The zero-order chi connectivity index (χ0) is 41.2. The fourth-order valence-electron chi connectivity index (χ4n) is 4.50. The maximum atomic E-state index is 13.2. The predicted octanol–water partition coefficient (Wildman–Crippen LogP) is 2.04. The Morgan fingerprint density at radius 3 is 1.93 bits per heavy atom. The first-order chi connectivity index (χ1) is 26.0. The topological polar surface area (TPSA) is 364 Å². The number of aromatic nitrogens is 3. The lowest BCUT2D eigenvalue weighted by molar-refractivity contribution is -0.130. The number of amides is 1. The highest BCUT2D eigenvalue weighted by Crippen LogP contribution is 2.31. The zero-order valence-electron chi connectivity index (χ0n) is 27.3. The average molecular weight is 876 g/mol. The monoisotopic (exact) mass is 875 g/mol. The molecule has 1 unspecified atom stereocenters. The number of benzene rings is 3. The lowest BCUT2D eigenvalue weighted by atomic mass is 10.2. The molecule has 0 saturated carbocycles. The van der Waals surface area contributed by atoms with E-state index in [2.05, 4.69) is 45.1 Å². The number of carbonyl (C=O) groups is 2. The van der Waals surface area contributed by atoms with Gasteiger partial charge in [-0.3, -0.25) is 18.5 Å². The van der Waals surface area contributed by atoms with Crippen molar-refractivity contribution in [3.05, 3.63) is 72.0 Å². The van der Waals surface area contributed by atoms with Gasteiger partial charge < -0.3 is 15.7 Å². The highest BCUT2D eigenvalue weighted by atomic mass is 35.5. The second-order valence-corrected chi connectivity index (χ2v) is 17.1. The van der Waals surface area contributed by atoms with Crippen molar-refractivity contribution in [3.63, 3.8) is 0 Å². The Bertz CT molecular complexity index is 2740. The summed E-state index contributed by atoms with van der Waals surface area (Å²) in [7, 11) is -18.4. The molecule has 0 radical (unpaired) electrons. The third-order valence-electron chi connectivity index (χ3n) is 6.94. The summed E-state index contributed by atoms with van der Waals surface area (Å²) in [5, 5.41) is 26.4. The van der Waals surface area contributed by atoms with Crippen LogP contribution in [0, 0.1) is 0 Å². The summed E-state index contributed by atoms with van der Waals surface area (Å²) < 4.78 is 125. The van der Waals surface area contributed by atoms with Crippen molar-refractivity contribution in [2.75, 3.05) is 28.0 Å². The van der Waals surface area contributed by atoms with Gasteiger partial charge in [0, 0.05) is 11.4 Å². The van der Waals surface area contributed by atoms with E-state index >= 15 is 0 Å². The van der Waals surface area contributed by atoms with Crippen molar-refractivity contribution in [2.24, 2.45) is 15.3 Å². The van der Waals surface area contributed by atoms with Crippen LogP contribution in [0.5, 0.6) is 0 Å². The Morgan fingerprint density at radius 2 is 1.38 bits per heavy atom. The molecule has 296 valence electrons. The van der Waals surface area contributed by atoms with Gasteiger partial charge in [0.1, 0.15) is 10.6 Å². The molecule has 29 heteroatoms. The fourth-order valence-corrected chi connectivity index (χ4v) is 7.23. The minimum atomic E-state index is -5.00. The Balaban J connectivity index is 1.36. The zero-order valence-corrected chi connectivity index (χ0v) is 31.3. The van der Waals surface area contributed by atoms with Gasteiger partial charge in [-0.15, -0.1) is 0 Å². The smallest absolute Gasteiger partial charge is 0.397 e. The van der Waals surface area contributed by atoms with Crippen LogP contribution < -0.4 is 15.6 Å². The first kappa shape index (κ1) is 41.6. The Hall–Kier alpha value is -5.59. The van der Waals surface area contributed by atoms with Gasteiger partial charge in [0.2, 0.25) is 23.2 Å².